The molecule has 2 aliphatic rings. The van der Waals surface area contributed by atoms with Crippen LogP contribution in [0.15, 0.2) is 30.3 Å². The molecule has 0 spiro atoms. The van der Waals surface area contributed by atoms with Crippen LogP contribution >= 0.6 is 0 Å². The summed E-state index contributed by atoms with van der Waals surface area (Å²) in [5, 5.41) is 3.53. The average Bonchev–Trinajstić information content (AvgIpc) is 2.46. The number of ether oxygens (including phenoxy) is 1. The number of nitrogens with one attached hydrogen (secondary N) is 1. The molecule has 2 bridgehead atoms. The second-order valence-electron chi connectivity index (χ2n) is 5.77. The largest absolute Gasteiger partial charge is 0.459 e. The molecule has 1 aromatic rings. The number of hydrogen-bond acceptors (Lipinski definition) is 3. The maximum Gasteiger partial charge on any atom is 0.326 e. The lowest BCUT2D eigenvalue weighted by atomic mass is 9.76. The lowest BCUT2D eigenvalue weighted by molar-refractivity contribution is -0.156. The summed E-state index contributed by atoms with van der Waals surface area (Å²) in [6.07, 6.45) is 6.53. The van der Waals surface area contributed by atoms with Crippen LogP contribution in [0.4, 0.5) is 0 Å². The maximum absolute atomic E-state index is 12.4. The second-order valence-corrected chi connectivity index (χ2v) is 5.77. The summed E-state index contributed by atoms with van der Waals surface area (Å²) < 4.78 is 5.54. The van der Waals surface area contributed by atoms with E-state index in [4.69, 9.17) is 4.74 Å². The molecule has 2 heterocycles. The molecule has 0 unspecified atom stereocenters. The van der Waals surface area contributed by atoms with Crippen molar-refractivity contribution in [2.45, 2.75) is 56.7 Å². The summed E-state index contributed by atoms with van der Waals surface area (Å²) in [6, 6.07) is 10.4. The van der Waals surface area contributed by atoms with Gasteiger partial charge in [0.2, 0.25) is 0 Å². The van der Waals surface area contributed by atoms with Crippen molar-refractivity contribution < 1.29 is 9.53 Å². The van der Waals surface area contributed by atoms with Gasteiger partial charge >= 0.3 is 5.97 Å². The first-order valence-corrected chi connectivity index (χ1v) is 7.27. The van der Waals surface area contributed by atoms with Crippen molar-refractivity contribution in [3.63, 3.8) is 0 Å². The number of hydrogen-bond donors (Lipinski definition) is 1. The van der Waals surface area contributed by atoms with Crippen molar-refractivity contribution in [2.24, 2.45) is 0 Å². The Hall–Kier alpha value is -1.35. The average molecular weight is 259 g/mol. The van der Waals surface area contributed by atoms with Gasteiger partial charge in [0.25, 0.3) is 0 Å². The Bertz CT molecular complexity index is 433. The molecule has 0 atom stereocenters. The van der Waals surface area contributed by atoms with Crippen molar-refractivity contribution in [3.8, 4) is 0 Å². The quantitative estimate of drug-likeness (QED) is 0.848. The number of esters is 1. The van der Waals surface area contributed by atoms with Crippen LogP contribution in [0.3, 0.4) is 0 Å². The summed E-state index contributed by atoms with van der Waals surface area (Å²) >= 11 is 0. The van der Waals surface area contributed by atoms with Gasteiger partial charge in [0.05, 0.1) is 0 Å². The molecule has 0 radical (unpaired) electrons. The minimum Gasteiger partial charge on any atom is -0.459 e. The van der Waals surface area contributed by atoms with Crippen molar-refractivity contribution in [1.29, 1.82) is 0 Å². The topological polar surface area (TPSA) is 38.3 Å². The predicted octanol–water partition coefficient (Wildman–Crippen LogP) is 2.79. The van der Waals surface area contributed by atoms with E-state index in [0.29, 0.717) is 12.6 Å². The number of fused-ring (bicyclic) bond motifs is 2. The second kappa shape index (κ2) is 5.33. The number of carbonyl (C=O) groups excluding carboxylic acids is 1. The van der Waals surface area contributed by atoms with Crippen LogP contribution < -0.4 is 5.32 Å². The molecular formula is C16H21NO2. The molecule has 102 valence electrons. The van der Waals surface area contributed by atoms with Gasteiger partial charge < -0.3 is 4.74 Å². The Morgan fingerprint density at radius 1 is 1.21 bits per heavy atom. The smallest absolute Gasteiger partial charge is 0.326 e. The van der Waals surface area contributed by atoms with Crippen LogP contribution in [-0.2, 0) is 16.1 Å². The Balaban J connectivity index is 1.63. The molecule has 1 N–H and O–H groups in total. The molecule has 3 rings (SSSR count). The fraction of sp³-hybridized carbons (Fsp3) is 0.562. The molecule has 2 saturated heterocycles. The van der Waals surface area contributed by atoms with E-state index >= 15 is 0 Å². The fourth-order valence-corrected chi connectivity index (χ4v) is 3.37. The van der Waals surface area contributed by atoms with Crippen molar-refractivity contribution in [1.82, 2.24) is 5.32 Å². The number of carbonyl (C=O) groups is 1. The van der Waals surface area contributed by atoms with E-state index in [1.165, 1.54) is 12.8 Å². The zero-order valence-corrected chi connectivity index (χ0v) is 11.2. The summed E-state index contributed by atoms with van der Waals surface area (Å²) in [5.41, 5.74) is 0.658. The molecule has 19 heavy (non-hydrogen) atoms. The Morgan fingerprint density at radius 3 is 2.58 bits per heavy atom. The first-order chi connectivity index (χ1) is 9.28. The molecule has 0 aromatic heterocycles. The monoisotopic (exact) mass is 259 g/mol. The van der Waals surface area contributed by atoms with Gasteiger partial charge in [-0.1, -0.05) is 30.3 Å². The van der Waals surface area contributed by atoms with Gasteiger partial charge in [-0.3, -0.25) is 10.1 Å². The molecule has 3 nitrogen and oxygen atoms in total. The van der Waals surface area contributed by atoms with Gasteiger partial charge in [-0.05, 0) is 44.1 Å². The first-order valence-electron chi connectivity index (χ1n) is 7.27. The van der Waals surface area contributed by atoms with Crippen LogP contribution in [0, 0.1) is 0 Å². The molecule has 1 aromatic carbocycles. The van der Waals surface area contributed by atoms with Gasteiger partial charge in [0, 0.05) is 6.04 Å². The Labute approximate surface area is 114 Å². The molecule has 2 aliphatic heterocycles. The third kappa shape index (κ3) is 2.66. The summed E-state index contributed by atoms with van der Waals surface area (Å²) in [6.45, 7) is 0.383. The molecular weight excluding hydrogens is 238 g/mol. The lowest BCUT2D eigenvalue weighted by Crippen LogP contribution is -2.61. The van der Waals surface area contributed by atoms with E-state index in [9.17, 15) is 4.79 Å². The maximum atomic E-state index is 12.4. The van der Waals surface area contributed by atoms with Gasteiger partial charge in [0.1, 0.15) is 12.1 Å². The van der Waals surface area contributed by atoms with E-state index in [1.54, 1.807) is 0 Å². The minimum atomic E-state index is -0.393. The van der Waals surface area contributed by atoms with Crippen LogP contribution in [0.2, 0.25) is 0 Å². The molecule has 3 heteroatoms. The minimum absolute atomic E-state index is 0.0549. The van der Waals surface area contributed by atoms with Gasteiger partial charge in [-0.25, -0.2) is 0 Å². The predicted molar refractivity (Wildman–Crippen MR) is 73.6 cm³/mol. The molecule has 2 fully saturated rings. The van der Waals surface area contributed by atoms with Crippen LogP contribution in [0.1, 0.15) is 44.1 Å². The van der Waals surface area contributed by atoms with Crippen molar-refractivity contribution >= 4 is 5.97 Å². The van der Waals surface area contributed by atoms with E-state index in [1.807, 2.05) is 30.3 Å². The van der Waals surface area contributed by atoms with Gasteiger partial charge in [0.15, 0.2) is 0 Å². The highest BCUT2D eigenvalue weighted by Gasteiger charge is 2.45. The zero-order chi connectivity index (χ0) is 13.1. The van der Waals surface area contributed by atoms with E-state index in [0.717, 1.165) is 31.2 Å². The van der Waals surface area contributed by atoms with Crippen molar-refractivity contribution in [2.75, 3.05) is 0 Å². The third-order valence-corrected chi connectivity index (χ3v) is 4.40. The summed E-state index contributed by atoms with van der Waals surface area (Å²) in [5.74, 6) is -0.0549. The number of rotatable bonds is 3. The highest BCUT2D eigenvalue weighted by Crippen LogP contribution is 2.34. The molecule has 0 aliphatic carbocycles. The summed E-state index contributed by atoms with van der Waals surface area (Å²) in [7, 11) is 0. The third-order valence-electron chi connectivity index (χ3n) is 4.40. The normalized spacial score (nSPS) is 29.8. The van der Waals surface area contributed by atoms with Gasteiger partial charge in [-0.15, -0.1) is 0 Å². The lowest BCUT2D eigenvalue weighted by Gasteiger charge is -2.44. The van der Waals surface area contributed by atoms with Gasteiger partial charge in [-0.2, -0.15) is 0 Å². The standard InChI is InChI=1S/C16H21NO2/c18-15(19-12-13-6-2-1-3-7-13)16-10-4-8-14(17-16)9-5-11-16/h1-3,6-7,14,17H,4-5,8-12H2. The van der Waals surface area contributed by atoms with E-state index in [2.05, 4.69) is 5.32 Å². The first kappa shape index (κ1) is 12.7. The fourth-order valence-electron chi connectivity index (χ4n) is 3.37. The van der Waals surface area contributed by atoms with Crippen LogP contribution in [-0.4, -0.2) is 17.6 Å². The number of benzene rings is 1. The zero-order valence-electron chi connectivity index (χ0n) is 11.2. The SMILES string of the molecule is O=C(OCc1ccccc1)C12CCCC(CCC1)N2. The van der Waals surface area contributed by atoms with E-state index in [-0.39, 0.29) is 5.97 Å². The summed E-state index contributed by atoms with van der Waals surface area (Å²) in [4.78, 5) is 12.4. The van der Waals surface area contributed by atoms with Crippen molar-refractivity contribution in [3.05, 3.63) is 35.9 Å². The number of piperidine rings is 2. The van der Waals surface area contributed by atoms with Crippen LogP contribution in [0.25, 0.3) is 0 Å². The van der Waals surface area contributed by atoms with Crippen LogP contribution in [0.5, 0.6) is 0 Å². The molecule has 0 saturated carbocycles. The Morgan fingerprint density at radius 2 is 1.89 bits per heavy atom. The highest BCUT2D eigenvalue weighted by atomic mass is 16.5. The molecule has 0 amide bonds. The van der Waals surface area contributed by atoms with E-state index < -0.39 is 5.54 Å². The Kier molecular flexibility index (Phi) is 3.56. The highest BCUT2D eigenvalue weighted by molar-refractivity contribution is 5.81.